The number of aryl methyl sites for hydroxylation is 1. The van der Waals surface area contributed by atoms with Crippen molar-refractivity contribution in [2.45, 2.75) is 51.2 Å². The quantitative estimate of drug-likeness (QED) is 0.184. The molecule has 3 unspecified atom stereocenters. The number of rotatable bonds is 9. The largest absolute Gasteiger partial charge is 0.494 e. The van der Waals surface area contributed by atoms with Gasteiger partial charge in [0, 0.05) is 31.0 Å². The van der Waals surface area contributed by atoms with E-state index < -0.39 is 34.8 Å². The molecule has 13 heteroatoms. The van der Waals surface area contributed by atoms with Crippen LogP contribution < -0.4 is 26.0 Å². The van der Waals surface area contributed by atoms with Gasteiger partial charge in [-0.25, -0.2) is 4.98 Å². The summed E-state index contributed by atoms with van der Waals surface area (Å²) in [5.74, 6) is -0.316. The number of carbonyl (C=O) groups excluding carboxylic acids is 1. The number of carbonyl (C=O) groups is 2. The fourth-order valence-corrected chi connectivity index (χ4v) is 7.81. The number of nitrogens with zero attached hydrogens (tertiary/aromatic N) is 2. The Morgan fingerprint density at radius 3 is 2.44 bits per heavy atom. The van der Waals surface area contributed by atoms with E-state index in [9.17, 15) is 27.9 Å². The lowest BCUT2D eigenvalue weighted by atomic mass is 9.47. The summed E-state index contributed by atoms with van der Waals surface area (Å²) in [5.41, 5.74) is 0.0718. The molecular weight excluding hydrogens is 589 g/mol. The third-order valence-corrected chi connectivity index (χ3v) is 9.59. The summed E-state index contributed by atoms with van der Waals surface area (Å²) in [4.78, 5) is 33.1. The molecule has 5 N–H and O–H groups in total. The van der Waals surface area contributed by atoms with Crippen molar-refractivity contribution >= 4 is 40.7 Å². The van der Waals surface area contributed by atoms with Crippen molar-refractivity contribution in [1.29, 1.82) is 0 Å². The van der Waals surface area contributed by atoms with Gasteiger partial charge in [-0.1, -0.05) is 12.1 Å². The molecule has 238 valence electrons. The molecule has 3 aromatic rings. The molecule has 10 nitrogen and oxygen atoms in total. The Hall–Kier alpha value is -4.55. The van der Waals surface area contributed by atoms with E-state index in [1.807, 2.05) is 0 Å². The number of halogens is 3. The normalized spacial score (nSPS) is 25.0. The van der Waals surface area contributed by atoms with E-state index in [1.165, 1.54) is 20.2 Å². The molecule has 0 spiro atoms. The average Bonchev–Trinajstić information content (AvgIpc) is 2.99. The highest BCUT2D eigenvalue weighted by Crippen LogP contribution is 2.60. The van der Waals surface area contributed by atoms with Crippen LogP contribution in [0.5, 0.6) is 5.75 Å². The molecule has 4 aliphatic rings. The summed E-state index contributed by atoms with van der Waals surface area (Å²) in [6.45, 7) is 1.67. The molecule has 3 atom stereocenters. The number of methoxy groups -OCH3 is 1. The Bertz CT molecular complexity index is 1630. The summed E-state index contributed by atoms with van der Waals surface area (Å²) < 4.78 is 47.6. The molecule has 4 fully saturated rings. The molecule has 1 heterocycles. The third-order valence-electron chi connectivity index (χ3n) is 9.59. The van der Waals surface area contributed by atoms with E-state index in [4.69, 9.17) is 4.74 Å². The fraction of sp³-hybridized carbons (Fsp3) is 0.438. The smallest absolute Gasteiger partial charge is 0.421 e. The van der Waals surface area contributed by atoms with Gasteiger partial charge in [-0.3, -0.25) is 9.59 Å². The fourth-order valence-electron chi connectivity index (χ4n) is 7.81. The molecule has 1 amide bonds. The van der Waals surface area contributed by atoms with Gasteiger partial charge >= 0.3 is 12.1 Å². The lowest BCUT2D eigenvalue weighted by molar-refractivity contribution is -0.166. The maximum absolute atomic E-state index is 14.0. The molecule has 45 heavy (non-hydrogen) atoms. The molecule has 2 aromatic carbocycles. The van der Waals surface area contributed by atoms with Gasteiger partial charge in [-0.2, -0.15) is 18.2 Å². The molecule has 1 aromatic heterocycles. The number of hydrogen-bond acceptors (Lipinski definition) is 8. The number of amides is 1. The van der Waals surface area contributed by atoms with Crippen molar-refractivity contribution in [3.8, 4) is 5.75 Å². The maximum atomic E-state index is 14.0. The van der Waals surface area contributed by atoms with Crippen LogP contribution in [0.3, 0.4) is 0 Å². The topological polar surface area (TPSA) is 138 Å². The predicted octanol–water partition coefficient (Wildman–Crippen LogP) is 6.35. The first-order valence-corrected chi connectivity index (χ1v) is 14.9. The zero-order valence-corrected chi connectivity index (χ0v) is 25.1. The molecule has 7 rings (SSSR count). The summed E-state index contributed by atoms with van der Waals surface area (Å²) in [6.07, 6.45) is 0.430. The van der Waals surface area contributed by atoms with Gasteiger partial charge < -0.3 is 31.1 Å². The van der Waals surface area contributed by atoms with E-state index in [0.717, 1.165) is 19.3 Å². The summed E-state index contributed by atoms with van der Waals surface area (Å²) >= 11 is 0. The van der Waals surface area contributed by atoms with Crippen molar-refractivity contribution in [3.05, 3.63) is 59.3 Å². The van der Waals surface area contributed by atoms with Crippen LogP contribution in [0.2, 0.25) is 0 Å². The van der Waals surface area contributed by atoms with E-state index in [0.29, 0.717) is 53.6 Å². The first-order chi connectivity index (χ1) is 21.4. The Morgan fingerprint density at radius 1 is 1.07 bits per heavy atom. The van der Waals surface area contributed by atoms with Crippen molar-refractivity contribution < 1.29 is 32.6 Å². The third kappa shape index (κ3) is 5.59. The van der Waals surface area contributed by atoms with Crippen molar-refractivity contribution in [2.75, 3.05) is 30.1 Å². The van der Waals surface area contributed by atoms with E-state index >= 15 is 0 Å². The summed E-state index contributed by atoms with van der Waals surface area (Å²) in [6, 6.07) is 9.79. The number of carboxylic acids is 1. The first-order valence-electron chi connectivity index (χ1n) is 14.9. The Morgan fingerprint density at radius 2 is 1.80 bits per heavy atom. The maximum Gasteiger partial charge on any atom is 0.421 e. The van der Waals surface area contributed by atoms with Crippen LogP contribution in [0, 0.1) is 30.1 Å². The second kappa shape index (κ2) is 11.4. The minimum absolute atomic E-state index is 0.134. The predicted molar refractivity (Wildman–Crippen MR) is 162 cm³/mol. The van der Waals surface area contributed by atoms with Crippen molar-refractivity contribution in [2.24, 2.45) is 23.2 Å². The van der Waals surface area contributed by atoms with Gasteiger partial charge in [0.2, 0.25) is 5.95 Å². The average molecular weight is 625 g/mol. The zero-order valence-electron chi connectivity index (χ0n) is 25.1. The second-order valence-corrected chi connectivity index (χ2v) is 12.4. The molecule has 4 bridgehead atoms. The highest BCUT2D eigenvalue weighted by atomic mass is 19.4. The number of aliphatic carboxylic acids is 1. The number of anilines is 5. The highest BCUT2D eigenvalue weighted by Gasteiger charge is 2.61. The van der Waals surface area contributed by atoms with Gasteiger partial charge in [0.25, 0.3) is 5.91 Å². The van der Waals surface area contributed by atoms with Gasteiger partial charge in [0.1, 0.15) is 17.1 Å². The summed E-state index contributed by atoms with van der Waals surface area (Å²) in [5, 5.41) is 22.0. The first kappa shape index (κ1) is 30.5. The Balaban J connectivity index is 1.28. The van der Waals surface area contributed by atoms with Gasteiger partial charge in [0.15, 0.2) is 0 Å². The van der Waals surface area contributed by atoms with Crippen LogP contribution in [0.15, 0.2) is 42.6 Å². The lowest BCUT2D eigenvalue weighted by Gasteiger charge is -2.59. The standard InChI is InChI=1S/C32H35F3N6O4/c1-16-5-4-6-21(28(42)36-2)25(16)40-27-22(32(33,34)35)15-37-30(41-27)39-23-8-7-20(12-24(23)45-3)38-26-19-10-17-9-18(11-19)14-31(26,13-17)29(43)44/h4-8,12,15,17-19,26,38H,9-11,13-14H2,1-3H3,(H,36,42)(H,43,44)(H2,37,39,40,41). The Kier molecular flexibility index (Phi) is 7.74. The van der Waals surface area contributed by atoms with Crippen molar-refractivity contribution in [3.63, 3.8) is 0 Å². The van der Waals surface area contributed by atoms with Gasteiger partial charge in [-0.15, -0.1) is 0 Å². The minimum Gasteiger partial charge on any atom is -0.494 e. The molecule has 4 saturated carbocycles. The zero-order chi connectivity index (χ0) is 32.1. The van der Waals surface area contributed by atoms with Crippen LogP contribution in [-0.2, 0) is 11.0 Å². The van der Waals surface area contributed by atoms with Gasteiger partial charge in [0.05, 0.1) is 29.5 Å². The summed E-state index contributed by atoms with van der Waals surface area (Å²) in [7, 11) is 2.90. The van der Waals surface area contributed by atoms with Crippen molar-refractivity contribution in [1.82, 2.24) is 15.3 Å². The van der Waals surface area contributed by atoms with Crippen LogP contribution in [0.1, 0.15) is 53.6 Å². The molecular formula is C32H35F3N6O4. The van der Waals surface area contributed by atoms with Crippen LogP contribution in [0.4, 0.5) is 42.0 Å². The van der Waals surface area contributed by atoms with Crippen LogP contribution in [-0.4, -0.2) is 47.2 Å². The SMILES string of the molecule is CNC(=O)c1cccc(C)c1Nc1nc(Nc2ccc(NC3C4CC5CC(C4)CC3(C(=O)O)C5)cc2OC)ncc1C(F)(F)F. The van der Waals surface area contributed by atoms with Crippen LogP contribution in [0.25, 0.3) is 0 Å². The number of carboxylic acid groups (broad SMARTS) is 1. The van der Waals surface area contributed by atoms with E-state index in [2.05, 4.69) is 31.2 Å². The lowest BCUT2D eigenvalue weighted by Crippen LogP contribution is -2.62. The number of alkyl halides is 3. The molecule has 0 radical (unpaired) electrons. The van der Waals surface area contributed by atoms with Crippen LogP contribution >= 0.6 is 0 Å². The highest BCUT2D eigenvalue weighted by molar-refractivity contribution is 6.00. The molecule has 0 aliphatic heterocycles. The number of benzene rings is 2. The van der Waals surface area contributed by atoms with Gasteiger partial charge in [-0.05, 0) is 80.5 Å². The number of nitrogens with one attached hydrogen (secondary N) is 4. The number of hydrogen-bond donors (Lipinski definition) is 5. The Labute approximate surface area is 258 Å². The monoisotopic (exact) mass is 624 g/mol. The minimum atomic E-state index is -4.77. The van der Waals surface area contributed by atoms with E-state index in [1.54, 1.807) is 37.3 Å². The second-order valence-electron chi connectivity index (χ2n) is 12.4. The number of ether oxygens (including phenoxy) is 1. The number of aromatic nitrogens is 2. The molecule has 0 saturated heterocycles. The molecule has 4 aliphatic carbocycles. The number of para-hydroxylation sites is 1. The van der Waals surface area contributed by atoms with E-state index in [-0.39, 0.29) is 29.2 Å².